The molecule has 0 saturated heterocycles. The molecule has 0 fully saturated rings. The molecule has 0 radical (unpaired) electrons. The molecule has 8 heteroatoms. The fourth-order valence-corrected chi connectivity index (χ4v) is 7.84. The number of rotatable bonds is 7. The molecule has 1 aliphatic rings. The van der Waals surface area contributed by atoms with E-state index in [4.69, 9.17) is 11.6 Å². The van der Waals surface area contributed by atoms with Gasteiger partial charge >= 0.3 is 0 Å². The highest BCUT2D eigenvalue weighted by Crippen LogP contribution is 2.38. The van der Waals surface area contributed by atoms with Gasteiger partial charge in [-0.2, -0.15) is 4.31 Å². The van der Waals surface area contributed by atoms with Gasteiger partial charge in [-0.25, -0.2) is 8.42 Å². The van der Waals surface area contributed by atoms with Gasteiger partial charge in [0.1, 0.15) is 0 Å². The Bertz CT molecular complexity index is 1530. The van der Waals surface area contributed by atoms with Gasteiger partial charge in [-0.3, -0.25) is 4.79 Å². The molecule has 1 aromatic heterocycles. The quantitative estimate of drug-likeness (QED) is 0.267. The normalized spacial score (nSPS) is 15.9. The van der Waals surface area contributed by atoms with Crippen LogP contribution in [0.25, 0.3) is 10.8 Å². The molecule has 37 heavy (non-hydrogen) atoms. The minimum absolute atomic E-state index is 0.0504. The van der Waals surface area contributed by atoms with E-state index < -0.39 is 10.0 Å². The van der Waals surface area contributed by atoms with E-state index in [0.29, 0.717) is 17.0 Å². The van der Waals surface area contributed by atoms with Crippen LogP contribution < -0.4 is 0 Å². The maximum Gasteiger partial charge on any atom is 0.244 e. The maximum atomic E-state index is 14.0. The largest absolute Gasteiger partial charge is 0.330 e. The van der Waals surface area contributed by atoms with Crippen molar-refractivity contribution in [3.63, 3.8) is 0 Å². The molecular formula is C29H29ClN2O3S2. The van der Waals surface area contributed by atoms with E-state index in [-0.39, 0.29) is 35.9 Å². The van der Waals surface area contributed by atoms with Crippen LogP contribution in [0.5, 0.6) is 0 Å². The molecular weight excluding hydrogens is 524 g/mol. The van der Waals surface area contributed by atoms with Gasteiger partial charge in [0.2, 0.25) is 15.9 Å². The second-order valence-corrected chi connectivity index (χ2v) is 13.1. The molecule has 3 aromatic carbocycles. The zero-order chi connectivity index (χ0) is 26.2. The lowest BCUT2D eigenvalue weighted by Gasteiger charge is -2.37. The van der Waals surface area contributed by atoms with Crippen LogP contribution >= 0.6 is 22.9 Å². The summed E-state index contributed by atoms with van der Waals surface area (Å²) in [5.41, 5.74) is 2.06. The van der Waals surface area contributed by atoms with Crippen LogP contribution in [0.3, 0.4) is 0 Å². The van der Waals surface area contributed by atoms with Gasteiger partial charge in [0.25, 0.3) is 0 Å². The Morgan fingerprint density at radius 3 is 2.54 bits per heavy atom. The standard InChI is InChI=1S/C29H29ClN2O3S2/c1-20(2)18-31(37(34,35)27-9-5-7-21-6-3-4-8-24(21)27)19-28(33)32-16-14-26-25(15-17-36-26)29(32)22-10-12-23(30)13-11-22/h3-13,15,17,20,29H,14,16,18-19H2,1-2H3/t29-/m1/s1. The van der Waals surface area contributed by atoms with Crippen LogP contribution in [0.4, 0.5) is 0 Å². The van der Waals surface area contributed by atoms with E-state index in [1.165, 1.54) is 9.18 Å². The third-order valence-corrected chi connectivity index (χ3v) is 9.84. The Kier molecular flexibility index (Phi) is 7.41. The minimum Gasteiger partial charge on any atom is -0.330 e. The van der Waals surface area contributed by atoms with Crippen molar-refractivity contribution in [2.75, 3.05) is 19.6 Å². The zero-order valence-corrected chi connectivity index (χ0v) is 23.2. The fraction of sp³-hybridized carbons (Fsp3) is 0.276. The van der Waals surface area contributed by atoms with Crippen LogP contribution in [-0.2, 0) is 21.2 Å². The summed E-state index contributed by atoms with van der Waals surface area (Å²) in [7, 11) is -3.92. The van der Waals surface area contributed by atoms with Crippen molar-refractivity contribution >= 4 is 49.6 Å². The van der Waals surface area contributed by atoms with Crippen LogP contribution in [0.1, 0.15) is 35.9 Å². The summed E-state index contributed by atoms with van der Waals surface area (Å²) in [6, 6.07) is 22.1. The van der Waals surface area contributed by atoms with E-state index in [1.54, 1.807) is 23.5 Å². The average Bonchev–Trinajstić information content (AvgIpc) is 3.36. The van der Waals surface area contributed by atoms with Crippen molar-refractivity contribution in [1.29, 1.82) is 0 Å². The molecule has 0 unspecified atom stereocenters. The smallest absolute Gasteiger partial charge is 0.244 e. The predicted molar refractivity (Wildman–Crippen MR) is 151 cm³/mol. The molecule has 0 bridgehead atoms. The molecule has 4 aromatic rings. The molecule has 5 nitrogen and oxygen atoms in total. The summed E-state index contributed by atoms with van der Waals surface area (Å²) in [5.74, 6) is -0.157. The number of benzene rings is 3. The highest BCUT2D eigenvalue weighted by atomic mass is 35.5. The van der Waals surface area contributed by atoms with Crippen molar-refractivity contribution in [2.45, 2.75) is 31.2 Å². The molecule has 1 atom stereocenters. The Balaban J connectivity index is 1.51. The van der Waals surface area contributed by atoms with Crippen molar-refractivity contribution in [2.24, 2.45) is 5.92 Å². The third kappa shape index (κ3) is 5.18. The summed E-state index contributed by atoms with van der Waals surface area (Å²) in [4.78, 5) is 17.2. The summed E-state index contributed by atoms with van der Waals surface area (Å²) >= 11 is 7.84. The number of amides is 1. The number of halogens is 1. The number of hydrogen-bond donors (Lipinski definition) is 0. The molecule has 192 valence electrons. The Morgan fingerprint density at radius 1 is 1.05 bits per heavy atom. The van der Waals surface area contributed by atoms with E-state index >= 15 is 0 Å². The molecule has 1 amide bonds. The SMILES string of the molecule is CC(C)CN(CC(=O)N1CCc2sccc2[C@H]1c1ccc(Cl)cc1)S(=O)(=O)c1cccc2ccccc12. The molecule has 0 aliphatic carbocycles. The van der Waals surface area contributed by atoms with Crippen LogP contribution in [-0.4, -0.2) is 43.2 Å². The maximum absolute atomic E-state index is 14.0. The number of fused-ring (bicyclic) bond motifs is 2. The molecule has 5 rings (SSSR count). The first kappa shape index (κ1) is 25.9. The zero-order valence-electron chi connectivity index (χ0n) is 20.8. The Hall–Kier alpha value is -2.71. The number of carbonyl (C=O) groups is 1. The molecule has 2 heterocycles. The van der Waals surface area contributed by atoms with Crippen LogP contribution in [0.2, 0.25) is 5.02 Å². The van der Waals surface area contributed by atoms with Crippen molar-refractivity contribution in [3.8, 4) is 0 Å². The molecule has 0 saturated carbocycles. The number of hydrogen-bond acceptors (Lipinski definition) is 4. The third-order valence-electron chi connectivity index (χ3n) is 6.72. The highest BCUT2D eigenvalue weighted by Gasteiger charge is 2.36. The highest BCUT2D eigenvalue weighted by molar-refractivity contribution is 7.89. The van der Waals surface area contributed by atoms with Gasteiger partial charge in [0.05, 0.1) is 17.5 Å². The van der Waals surface area contributed by atoms with Crippen molar-refractivity contribution in [3.05, 3.63) is 99.2 Å². The predicted octanol–water partition coefficient (Wildman–Crippen LogP) is 6.38. The Morgan fingerprint density at radius 2 is 1.78 bits per heavy atom. The van der Waals surface area contributed by atoms with Gasteiger partial charge in [-0.05, 0) is 58.5 Å². The number of nitrogens with zero attached hydrogens (tertiary/aromatic N) is 2. The summed E-state index contributed by atoms with van der Waals surface area (Å²) in [5, 5.41) is 4.19. The van der Waals surface area contributed by atoms with E-state index in [2.05, 4.69) is 11.4 Å². The molecule has 1 aliphatic heterocycles. The lowest BCUT2D eigenvalue weighted by Crippen LogP contribution is -2.47. The monoisotopic (exact) mass is 552 g/mol. The fourth-order valence-electron chi connectivity index (χ4n) is 5.05. The number of carbonyl (C=O) groups excluding carboxylic acids is 1. The summed E-state index contributed by atoms with van der Waals surface area (Å²) < 4.78 is 29.3. The van der Waals surface area contributed by atoms with E-state index in [9.17, 15) is 13.2 Å². The van der Waals surface area contributed by atoms with Gasteiger partial charge in [-0.1, -0.05) is 74.0 Å². The summed E-state index contributed by atoms with van der Waals surface area (Å²) in [6.45, 7) is 4.49. The second kappa shape index (κ2) is 10.6. The van der Waals surface area contributed by atoms with Gasteiger partial charge in [0, 0.05) is 28.4 Å². The van der Waals surface area contributed by atoms with Crippen molar-refractivity contribution < 1.29 is 13.2 Å². The first-order valence-electron chi connectivity index (χ1n) is 12.3. The van der Waals surface area contributed by atoms with E-state index in [1.807, 2.05) is 73.3 Å². The second-order valence-electron chi connectivity index (χ2n) is 9.76. The van der Waals surface area contributed by atoms with Gasteiger partial charge in [-0.15, -0.1) is 11.3 Å². The van der Waals surface area contributed by atoms with Crippen molar-refractivity contribution in [1.82, 2.24) is 9.21 Å². The Labute approximate surface area is 227 Å². The molecule has 0 spiro atoms. The number of sulfonamides is 1. The van der Waals surface area contributed by atoms with Gasteiger partial charge in [0.15, 0.2) is 0 Å². The number of thiophene rings is 1. The first-order valence-corrected chi connectivity index (χ1v) is 15.0. The van der Waals surface area contributed by atoms with Gasteiger partial charge < -0.3 is 4.90 Å². The summed E-state index contributed by atoms with van der Waals surface area (Å²) in [6.07, 6.45) is 0.753. The lowest BCUT2D eigenvalue weighted by atomic mass is 9.93. The minimum atomic E-state index is -3.92. The van der Waals surface area contributed by atoms with Crippen LogP contribution in [0, 0.1) is 5.92 Å². The lowest BCUT2D eigenvalue weighted by molar-refractivity contribution is -0.133. The molecule has 0 N–H and O–H groups in total. The topological polar surface area (TPSA) is 57.7 Å². The van der Waals surface area contributed by atoms with Crippen LogP contribution in [0.15, 0.2) is 83.1 Å². The first-order chi connectivity index (χ1) is 17.8. The van der Waals surface area contributed by atoms with E-state index in [0.717, 1.165) is 22.9 Å². The average molecular weight is 553 g/mol.